The Morgan fingerprint density at radius 3 is 3.00 bits per heavy atom. The summed E-state index contributed by atoms with van der Waals surface area (Å²) in [6.45, 7) is 4.78. The van der Waals surface area contributed by atoms with Crippen LogP contribution in [-0.4, -0.2) is 33.8 Å². The van der Waals surface area contributed by atoms with Crippen LogP contribution in [0.5, 0.6) is 0 Å². The van der Waals surface area contributed by atoms with Crippen molar-refractivity contribution >= 4 is 34.6 Å². The summed E-state index contributed by atoms with van der Waals surface area (Å²) < 4.78 is 0.876. The highest BCUT2D eigenvalue weighted by Gasteiger charge is 2.30. The molecule has 0 radical (unpaired) electrons. The Bertz CT molecular complexity index is 193. The summed E-state index contributed by atoms with van der Waals surface area (Å²) in [5.74, 6) is 1.60. The molecule has 0 aromatic heterocycles. The number of nitrogens with zero attached hydrogens (tertiary/aromatic N) is 1. The summed E-state index contributed by atoms with van der Waals surface area (Å²) in [6, 6.07) is 0.452. The highest BCUT2D eigenvalue weighted by atomic mass is 32.2. The first-order valence-electron chi connectivity index (χ1n) is 4.04. The van der Waals surface area contributed by atoms with Crippen molar-refractivity contribution in [2.45, 2.75) is 19.9 Å². The Balaban J connectivity index is 2.63. The van der Waals surface area contributed by atoms with E-state index in [9.17, 15) is 4.79 Å². The van der Waals surface area contributed by atoms with Crippen molar-refractivity contribution in [3.8, 4) is 0 Å². The topological polar surface area (TPSA) is 20.3 Å². The van der Waals surface area contributed by atoms with Gasteiger partial charge >= 0.3 is 0 Å². The van der Waals surface area contributed by atoms with Gasteiger partial charge in [0.2, 0.25) is 0 Å². The van der Waals surface area contributed by atoms with Gasteiger partial charge in [0, 0.05) is 11.8 Å². The van der Waals surface area contributed by atoms with Gasteiger partial charge < -0.3 is 9.69 Å². The molecule has 0 aromatic rings. The van der Waals surface area contributed by atoms with Gasteiger partial charge in [-0.1, -0.05) is 37.8 Å². The van der Waals surface area contributed by atoms with E-state index in [-0.39, 0.29) is 0 Å². The van der Waals surface area contributed by atoms with E-state index in [4.69, 9.17) is 12.2 Å². The quantitative estimate of drug-likeness (QED) is 0.512. The predicted molar refractivity (Wildman–Crippen MR) is 56.5 cm³/mol. The van der Waals surface area contributed by atoms with Gasteiger partial charge in [-0.15, -0.1) is 0 Å². The second-order valence-electron chi connectivity index (χ2n) is 3.21. The Kier molecular flexibility index (Phi) is 3.53. The first-order valence-corrected chi connectivity index (χ1v) is 5.43. The summed E-state index contributed by atoms with van der Waals surface area (Å²) in [4.78, 5) is 12.4. The Morgan fingerprint density at radius 1 is 1.83 bits per heavy atom. The van der Waals surface area contributed by atoms with E-state index in [1.54, 1.807) is 11.8 Å². The van der Waals surface area contributed by atoms with E-state index in [1.165, 1.54) is 0 Å². The van der Waals surface area contributed by atoms with Crippen LogP contribution in [0.1, 0.15) is 13.8 Å². The Morgan fingerprint density at radius 2 is 2.50 bits per heavy atom. The molecule has 1 aliphatic heterocycles. The molecule has 1 aliphatic rings. The van der Waals surface area contributed by atoms with Crippen LogP contribution in [0.4, 0.5) is 0 Å². The fourth-order valence-electron chi connectivity index (χ4n) is 1.31. The maximum atomic E-state index is 10.4. The Labute approximate surface area is 82.7 Å². The molecule has 1 unspecified atom stereocenters. The fourth-order valence-corrected chi connectivity index (χ4v) is 2.98. The lowest BCUT2D eigenvalue weighted by molar-refractivity contribution is -0.108. The lowest BCUT2D eigenvalue weighted by Crippen LogP contribution is -2.38. The molecule has 0 amide bonds. The molecule has 1 atom stereocenters. The number of rotatable bonds is 3. The molecule has 0 aromatic carbocycles. The molecule has 2 nitrogen and oxygen atoms in total. The number of aldehydes is 1. The van der Waals surface area contributed by atoms with Gasteiger partial charge in [-0.05, 0) is 5.92 Å². The van der Waals surface area contributed by atoms with Crippen LogP contribution in [0.25, 0.3) is 0 Å². The summed E-state index contributed by atoms with van der Waals surface area (Å²) in [7, 11) is 0. The van der Waals surface area contributed by atoms with Crippen molar-refractivity contribution in [3.05, 3.63) is 0 Å². The highest BCUT2D eigenvalue weighted by molar-refractivity contribution is 8.23. The zero-order chi connectivity index (χ0) is 9.14. The second-order valence-corrected chi connectivity index (χ2v) is 4.86. The summed E-state index contributed by atoms with van der Waals surface area (Å²) in [5.41, 5.74) is 0. The lowest BCUT2D eigenvalue weighted by Gasteiger charge is -2.25. The zero-order valence-corrected chi connectivity index (χ0v) is 8.95. The number of carbonyl (C=O) groups is 1. The first kappa shape index (κ1) is 9.99. The van der Waals surface area contributed by atoms with E-state index < -0.39 is 0 Å². The van der Waals surface area contributed by atoms with Crippen LogP contribution >= 0.6 is 24.0 Å². The number of thioether (sulfide) groups is 1. The zero-order valence-electron chi connectivity index (χ0n) is 7.32. The second kappa shape index (κ2) is 4.23. The highest BCUT2D eigenvalue weighted by Crippen LogP contribution is 2.27. The lowest BCUT2D eigenvalue weighted by atomic mass is 10.1. The van der Waals surface area contributed by atoms with Crippen LogP contribution in [-0.2, 0) is 4.79 Å². The van der Waals surface area contributed by atoms with Gasteiger partial charge in [0.25, 0.3) is 0 Å². The fraction of sp³-hybridized carbons (Fsp3) is 0.750. The van der Waals surface area contributed by atoms with Gasteiger partial charge in [0.15, 0.2) is 0 Å². The van der Waals surface area contributed by atoms with Crippen molar-refractivity contribution < 1.29 is 4.79 Å². The summed E-state index contributed by atoms with van der Waals surface area (Å²) in [5, 5.41) is 0. The summed E-state index contributed by atoms with van der Waals surface area (Å²) >= 11 is 6.81. The molecule has 4 heteroatoms. The van der Waals surface area contributed by atoms with E-state index in [0.29, 0.717) is 18.5 Å². The van der Waals surface area contributed by atoms with Crippen LogP contribution in [0.15, 0.2) is 0 Å². The normalized spacial score (nSPS) is 23.8. The summed E-state index contributed by atoms with van der Waals surface area (Å²) in [6.07, 6.45) is 0.924. The predicted octanol–water partition coefficient (Wildman–Crippen LogP) is 1.54. The third-order valence-electron chi connectivity index (χ3n) is 2.05. The minimum Gasteiger partial charge on any atom is -0.346 e. The van der Waals surface area contributed by atoms with Gasteiger partial charge in [-0.3, -0.25) is 0 Å². The molecule has 1 fully saturated rings. The molecule has 1 rings (SSSR count). The van der Waals surface area contributed by atoms with Crippen molar-refractivity contribution in [2.75, 3.05) is 12.3 Å². The minimum atomic E-state index is 0.452. The molecule has 0 N–H and O–H groups in total. The van der Waals surface area contributed by atoms with Crippen molar-refractivity contribution in [1.82, 2.24) is 4.90 Å². The largest absolute Gasteiger partial charge is 0.346 e. The van der Waals surface area contributed by atoms with Crippen molar-refractivity contribution in [1.29, 1.82) is 0 Å². The van der Waals surface area contributed by atoms with E-state index in [2.05, 4.69) is 13.8 Å². The molecule has 68 valence electrons. The third kappa shape index (κ3) is 1.98. The standard InChI is InChI=1S/C8H13NOS2/c1-6(2)7-5-12-8(11)9(7)3-4-10/h4,6-7H,3,5H2,1-2H3. The van der Waals surface area contributed by atoms with Crippen LogP contribution in [0.2, 0.25) is 0 Å². The SMILES string of the molecule is CC(C)C1CSC(=S)N1CC=O. The Hall–Kier alpha value is -0.0900. The van der Waals surface area contributed by atoms with Crippen LogP contribution < -0.4 is 0 Å². The molecule has 0 bridgehead atoms. The molecular weight excluding hydrogens is 190 g/mol. The third-order valence-corrected chi connectivity index (χ3v) is 3.63. The molecule has 12 heavy (non-hydrogen) atoms. The minimum absolute atomic E-state index is 0.452. The first-order chi connectivity index (χ1) is 5.66. The van der Waals surface area contributed by atoms with Gasteiger partial charge in [0.1, 0.15) is 10.6 Å². The molecule has 0 aliphatic carbocycles. The molecule has 0 spiro atoms. The van der Waals surface area contributed by atoms with Crippen molar-refractivity contribution in [2.24, 2.45) is 5.92 Å². The average Bonchev–Trinajstić information content (AvgIpc) is 2.34. The maximum Gasteiger partial charge on any atom is 0.139 e. The number of hydrogen-bond acceptors (Lipinski definition) is 3. The van der Waals surface area contributed by atoms with E-state index in [1.807, 2.05) is 4.90 Å². The maximum absolute atomic E-state index is 10.4. The number of carbonyl (C=O) groups excluding carboxylic acids is 1. The molecule has 1 heterocycles. The average molecular weight is 203 g/mol. The smallest absolute Gasteiger partial charge is 0.139 e. The molecule has 0 saturated carbocycles. The van der Waals surface area contributed by atoms with Crippen LogP contribution in [0.3, 0.4) is 0 Å². The van der Waals surface area contributed by atoms with Crippen LogP contribution in [0, 0.1) is 5.92 Å². The van der Waals surface area contributed by atoms with Crippen molar-refractivity contribution in [3.63, 3.8) is 0 Å². The van der Waals surface area contributed by atoms with Gasteiger partial charge in [-0.25, -0.2) is 0 Å². The molecule has 1 saturated heterocycles. The number of thiocarbonyl (C=S) groups is 1. The van der Waals surface area contributed by atoms with Gasteiger partial charge in [-0.2, -0.15) is 0 Å². The monoisotopic (exact) mass is 203 g/mol. The van der Waals surface area contributed by atoms with E-state index in [0.717, 1.165) is 16.4 Å². The molecular formula is C8H13NOS2. The number of hydrogen-bond donors (Lipinski definition) is 0. The van der Waals surface area contributed by atoms with Gasteiger partial charge in [0.05, 0.1) is 6.54 Å². The van der Waals surface area contributed by atoms with E-state index >= 15 is 0 Å².